The van der Waals surface area contributed by atoms with Crippen molar-refractivity contribution >= 4 is 0 Å². The molecule has 1 atom stereocenters. The number of hydrogen-bond acceptors (Lipinski definition) is 3. The molecule has 12 heavy (non-hydrogen) atoms. The molecule has 1 fully saturated rings. The maximum Gasteiger partial charge on any atom is 0.0445 e. The maximum atomic E-state index is 8.84. The fourth-order valence-corrected chi connectivity index (χ4v) is 2.00. The van der Waals surface area contributed by atoms with Crippen LogP contribution in [0, 0.1) is 5.92 Å². The van der Waals surface area contributed by atoms with Crippen molar-refractivity contribution in [2.24, 2.45) is 5.92 Å². The highest BCUT2D eigenvalue weighted by atomic mass is 16.3. The zero-order valence-corrected chi connectivity index (χ0v) is 7.84. The summed E-state index contributed by atoms with van der Waals surface area (Å²) in [6, 6.07) is 0.511. The van der Waals surface area contributed by atoms with E-state index in [0.29, 0.717) is 12.6 Å². The van der Waals surface area contributed by atoms with Crippen LogP contribution in [0.3, 0.4) is 0 Å². The summed E-state index contributed by atoms with van der Waals surface area (Å²) in [5.74, 6) is 0.753. The topological polar surface area (TPSA) is 44.3 Å². The van der Waals surface area contributed by atoms with E-state index in [1.165, 1.54) is 12.8 Å². The number of aliphatic hydroxyl groups excluding tert-OH is 1. The number of rotatable bonds is 4. The van der Waals surface area contributed by atoms with Crippen LogP contribution in [0.1, 0.15) is 19.3 Å². The van der Waals surface area contributed by atoms with Gasteiger partial charge in [0.15, 0.2) is 0 Å². The molecule has 0 unspecified atom stereocenters. The van der Waals surface area contributed by atoms with E-state index in [4.69, 9.17) is 5.11 Å². The summed E-state index contributed by atoms with van der Waals surface area (Å²) in [6.45, 7) is 2.57. The quantitative estimate of drug-likeness (QED) is 0.557. The van der Waals surface area contributed by atoms with E-state index in [2.05, 4.69) is 10.6 Å². The maximum absolute atomic E-state index is 8.84. The molecule has 0 aromatic rings. The second-order valence-electron chi connectivity index (χ2n) is 3.49. The molecule has 72 valence electrons. The van der Waals surface area contributed by atoms with E-state index in [1.807, 2.05) is 7.05 Å². The summed E-state index contributed by atoms with van der Waals surface area (Å²) in [5.41, 5.74) is 0. The number of aliphatic hydroxyl groups is 1. The van der Waals surface area contributed by atoms with Crippen molar-refractivity contribution in [2.45, 2.75) is 25.3 Å². The van der Waals surface area contributed by atoms with Gasteiger partial charge in [-0.3, -0.25) is 0 Å². The average molecular weight is 172 g/mol. The first kappa shape index (κ1) is 9.96. The van der Waals surface area contributed by atoms with Crippen molar-refractivity contribution < 1.29 is 5.11 Å². The Bertz CT molecular complexity index is 110. The number of piperidine rings is 1. The largest absolute Gasteiger partial charge is 0.396 e. The lowest BCUT2D eigenvalue weighted by atomic mass is 9.89. The molecule has 0 aromatic heterocycles. The van der Waals surface area contributed by atoms with Gasteiger partial charge < -0.3 is 15.7 Å². The summed E-state index contributed by atoms with van der Waals surface area (Å²) < 4.78 is 0. The van der Waals surface area contributed by atoms with Gasteiger partial charge in [-0.15, -0.1) is 0 Å². The fraction of sp³-hybridized carbons (Fsp3) is 1.00. The smallest absolute Gasteiger partial charge is 0.0445 e. The third-order valence-electron chi connectivity index (χ3n) is 2.76. The number of hydrogen-bond donors (Lipinski definition) is 3. The third-order valence-corrected chi connectivity index (χ3v) is 2.76. The molecule has 0 saturated carbocycles. The molecule has 1 rings (SSSR count). The summed E-state index contributed by atoms with van der Waals surface area (Å²) in [7, 11) is 1.99. The van der Waals surface area contributed by atoms with Gasteiger partial charge in [-0.1, -0.05) is 0 Å². The molecule has 1 aliphatic rings. The van der Waals surface area contributed by atoms with Crippen LogP contribution in [0.15, 0.2) is 0 Å². The summed E-state index contributed by atoms with van der Waals surface area (Å²) in [5, 5.41) is 15.5. The zero-order chi connectivity index (χ0) is 8.81. The van der Waals surface area contributed by atoms with Gasteiger partial charge in [0.25, 0.3) is 0 Å². The van der Waals surface area contributed by atoms with Crippen LogP contribution < -0.4 is 10.6 Å². The Morgan fingerprint density at radius 1 is 1.50 bits per heavy atom. The predicted molar refractivity (Wildman–Crippen MR) is 50.1 cm³/mol. The summed E-state index contributed by atoms with van der Waals surface area (Å²) in [4.78, 5) is 0. The Labute approximate surface area is 74.5 Å². The lowest BCUT2D eigenvalue weighted by molar-refractivity contribution is 0.218. The molecule has 0 radical (unpaired) electrons. The first-order valence-corrected chi connectivity index (χ1v) is 4.87. The third kappa shape index (κ3) is 2.73. The summed E-state index contributed by atoms with van der Waals surface area (Å²) in [6.07, 6.45) is 3.37. The van der Waals surface area contributed by atoms with E-state index < -0.39 is 0 Å². The van der Waals surface area contributed by atoms with Crippen molar-refractivity contribution in [3.63, 3.8) is 0 Å². The van der Waals surface area contributed by atoms with Crippen molar-refractivity contribution in [3.05, 3.63) is 0 Å². The Kier molecular flexibility index (Phi) is 4.58. The first-order valence-electron chi connectivity index (χ1n) is 4.87. The predicted octanol–water partition coefficient (Wildman–Crippen LogP) is -0.0436. The van der Waals surface area contributed by atoms with E-state index in [1.54, 1.807) is 0 Å². The first-order chi connectivity index (χ1) is 5.88. The Morgan fingerprint density at radius 2 is 2.17 bits per heavy atom. The molecule has 0 spiro atoms. The highest BCUT2D eigenvalue weighted by Gasteiger charge is 2.21. The molecule has 0 amide bonds. The standard InChI is InChI=1S/C9H20N2O/c1-10-9(4-7-12)8-2-5-11-6-3-8/h8-12H,2-7H2,1H3/t9-/m0/s1. The minimum absolute atomic E-state index is 0.301. The molecule has 0 aliphatic carbocycles. The molecule has 3 heteroatoms. The second-order valence-corrected chi connectivity index (χ2v) is 3.49. The molecule has 3 nitrogen and oxygen atoms in total. The lowest BCUT2D eigenvalue weighted by Crippen LogP contribution is -2.40. The average Bonchev–Trinajstić information content (AvgIpc) is 2.15. The van der Waals surface area contributed by atoms with Crippen LogP contribution >= 0.6 is 0 Å². The van der Waals surface area contributed by atoms with E-state index in [-0.39, 0.29) is 0 Å². The monoisotopic (exact) mass is 172 g/mol. The molecule has 1 aliphatic heterocycles. The Hall–Kier alpha value is -0.120. The van der Waals surface area contributed by atoms with Gasteiger partial charge in [-0.05, 0) is 45.3 Å². The van der Waals surface area contributed by atoms with Gasteiger partial charge in [0, 0.05) is 12.6 Å². The van der Waals surface area contributed by atoms with Crippen LogP contribution in [0.5, 0.6) is 0 Å². The van der Waals surface area contributed by atoms with Crippen LogP contribution in [0.4, 0.5) is 0 Å². The van der Waals surface area contributed by atoms with Gasteiger partial charge in [-0.25, -0.2) is 0 Å². The Balaban J connectivity index is 2.29. The number of nitrogens with one attached hydrogen (secondary N) is 2. The highest BCUT2D eigenvalue weighted by Crippen LogP contribution is 2.17. The van der Waals surface area contributed by atoms with Crippen molar-refractivity contribution in [2.75, 3.05) is 26.7 Å². The normalized spacial score (nSPS) is 22.5. The molecule has 3 N–H and O–H groups in total. The van der Waals surface area contributed by atoms with Crippen LogP contribution in [-0.2, 0) is 0 Å². The molecule has 1 heterocycles. The second kappa shape index (κ2) is 5.51. The van der Waals surface area contributed by atoms with Gasteiger partial charge in [-0.2, -0.15) is 0 Å². The molecular weight excluding hydrogens is 152 g/mol. The molecule has 0 aromatic carbocycles. The van der Waals surface area contributed by atoms with E-state index >= 15 is 0 Å². The van der Waals surface area contributed by atoms with E-state index in [0.717, 1.165) is 25.4 Å². The van der Waals surface area contributed by atoms with Crippen molar-refractivity contribution in [1.29, 1.82) is 0 Å². The summed E-state index contributed by atoms with van der Waals surface area (Å²) >= 11 is 0. The minimum Gasteiger partial charge on any atom is -0.396 e. The molecule has 0 bridgehead atoms. The van der Waals surface area contributed by atoms with Crippen LogP contribution in [-0.4, -0.2) is 37.9 Å². The zero-order valence-electron chi connectivity index (χ0n) is 7.84. The van der Waals surface area contributed by atoms with E-state index in [9.17, 15) is 0 Å². The van der Waals surface area contributed by atoms with Gasteiger partial charge >= 0.3 is 0 Å². The molecular formula is C9H20N2O. The van der Waals surface area contributed by atoms with Crippen molar-refractivity contribution in [1.82, 2.24) is 10.6 Å². The molecule has 1 saturated heterocycles. The van der Waals surface area contributed by atoms with Gasteiger partial charge in [0.2, 0.25) is 0 Å². The van der Waals surface area contributed by atoms with Gasteiger partial charge in [0.05, 0.1) is 0 Å². The Morgan fingerprint density at radius 3 is 2.67 bits per heavy atom. The lowest BCUT2D eigenvalue weighted by Gasteiger charge is -2.30. The minimum atomic E-state index is 0.301. The van der Waals surface area contributed by atoms with Crippen molar-refractivity contribution in [3.8, 4) is 0 Å². The van der Waals surface area contributed by atoms with Gasteiger partial charge in [0.1, 0.15) is 0 Å². The SMILES string of the molecule is CN[C@@H](CCO)C1CCNCC1. The fourth-order valence-electron chi connectivity index (χ4n) is 2.00. The van der Waals surface area contributed by atoms with Crippen LogP contribution in [0.25, 0.3) is 0 Å². The highest BCUT2D eigenvalue weighted by molar-refractivity contribution is 4.79. The van der Waals surface area contributed by atoms with Crippen LogP contribution in [0.2, 0.25) is 0 Å².